The molecule has 0 bridgehead atoms. The van der Waals surface area contributed by atoms with E-state index < -0.39 is 8.80 Å². The van der Waals surface area contributed by atoms with Gasteiger partial charge in [0.15, 0.2) is 0 Å². The molecule has 0 aromatic rings. The van der Waals surface area contributed by atoms with Crippen molar-refractivity contribution >= 4 is 14.9 Å². The maximum absolute atomic E-state index is 9.94. The van der Waals surface area contributed by atoms with Crippen LogP contribution in [0.3, 0.4) is 0 Å². The molecular weight excluding hydrogens is 250 g/mol. The lowest BCUT2D eigenvalue weighted by molar-refractivity contribution is 0.0362. The van der Waals surface area contributed by atoms with Gasteiger partial charge < -0.3 is 13.3 Å². The smallest absolute Gasteiger partial charge is 0.374 e. The monoisotopic (exact) mass is 275 g/mol. The second-order valence-electron chi connectivity index (χ2n) is 3.95. The Kier molecular flexibility index (Phi) is 10.1. The molecule has 0 aromatic carbocycles. The van der Waals surface area contributed by atoms with Crippen molar-refractivity contribution in [2.75, 3.05) is 19.8 Å². The van der Waals surface area contributed by atoms with Gasteiger partial charge in [0, 0.05) is 25.4 Å². The fourth-order valence-electron chi connectivity index (χ4n) is 1.71. The van der Waals surface area contributed by atoms with Gasteiger partial charge in [0.05, 0.1) is 6.54 Å². The van der Waals surface area contributed by atoms with Crippen molar-refractivity contribution in [3.05, 3.63) is 0 Å². The molecule has 18 heavy (non-hydrogen) atoms. The van der Waals surface area contributed by atoms with Crippen molar-refractivity contribution in [3.63, 3.8) is 0 Å². The van der Waals surface area contributed by atoms with Crippen LogP contribution in [-0.4, -0.2) is 40.7 Å². The predicted molar refractivity (Wildman–Crippen MR) is 72.3 cm³/mol. The summed E-state index contributed by atoms with van der Waals surface area (Å²) in [7, 11) is -2.51. The normalized spacial score (nSPS) is 13.1. The molecule has 0 amide bonds. The number of hydrogen-bond acceptors (Lipinski definition) is 5. The number of isocyanates is 1. The summed E-state index contributed by atoms with van der Waals surface area (Å²) >= 11 is 0. The number of aliphatic imine (C=N–C) groups is 1. The molecule has 0 aliphatic rings. The third kappa shape index (κ3) is 7.03. The van der Waals surface area contributed by atoms with Crippen LogP contribution in [0.4, 0.5) is 0 Å². The third-order valence-electron chi connectivity index (χ3n) is 2.49. The number of rotatable bonds is 11. The Hall–Kier alpha value is -0.523. The van der Waals surface area contributed by atoms with Gasteiger partial charge in [-0.25, -0.2) is 9.79 Å². The first-order valence-electron chi connectivity index (χ1n) is 6.63. The van der Waals surface area contributed by atoms with Gasteiger partial charge >= 0.3 is 8.80 Å². The Balaban J connectivity index is 4.23. The molecule has 6 heteroatoms. The molecule has 1 atom stereocenters. The SMILES string of the molecule is CCO[Si](CC)(OCC)OC(C)CCCN=C=O. The van der Waals surface area contributed by atoms with Crippen LogP contribution in [0, 0.1) is 0 Å². The summed E-state index contributed by atoms with van der Waals surface area (Å²) in [5, 5.41) is 0. The largest absolute Gasteiger partial charge is 0.500 e. The zero-order chi connectivity index (χ0) is 13.9. The Morgan fingerprint density at radius 1 is 1.22 bits per heavy atom. The summed E-state index contributed by atoms with van der Waals surface area (Å²) in [6.45, 7) is 9.62. The molecule has 1 unspecified atom stereocenters. The Bertz CT molecular complexity index is 250. The van der Waals surface area contributed by atoms with Crippen LogP contribution in [0.1, 0.15) is 40.5 Å². The van der Waals surface area contributed by atoms with E-state index >= 15 is 0 Å². The second kappa shape index (κ2) is 10.4. The summed E-state index contributed by atoms with van der Waals surface area (Å²) in [5.41, 5.74) is 0. The zero-order valence-electron chi connectivity index (χ0n) is 11.9. The molecule has 0 N–H and O–H groups in total. The minimum Gasteiger partial charge on any atom is -0.374 e. The molecule has 0 rings (SSSR count). The van der Waals surface area contributed by atoms with E-state index in [1.54, 1.807) is 0 Å². The standard InChI is InChI=1S/C12H25NO4Si/c1-5-15-18(7-3,16-6-2)17-12(4)9-8-10-13-11-14/h12H,5-10H2,1-4H3. The molecular formula is C12H25NO4Si. The summed E-state index contributed by atoms with van der Waals surface area (Å²) in [6, 6.07) is 0.769. The van der Waals surface area contributed by atoms with Gasteiger partial charge in [-0.15, -0.1) is 0 Å². The van der Waals surface area contributed by atoms with Crippen molar-refractivity contribution < 1.29 is 18.1 Å². The fourth-order valence-corrected chi connectivity index (χ4v) is 4.11. The predicted octanol–water partition coefficient (Wildman–Crippen LogP) is 2.54. The first kappa shape index (κ1) is 17.5. The molecule has 5 nitrogen and oxygen atoms in total. The minimum atomic E-state index is -2.51. The molecule has 0 aliphatic carbocycles. The van der Waals surface area contributed by atoms with Crippen LogP contribution in [0.25, 0.3) is 0 Å². The molecule has 0 aliphatic heterocycles. The quantitative estimate of drug-likeness (QED) is 0.252. The second-order valence-corrected chi connectivity index (χ2v) is 6.83. The van der Waals surface area contributed by atoms with Crippen molar-refractivity contribution in [1.82, 2.24) is 0 Å². The van der Waals surface area contributed by atoms with Gasteiger partial charge in [-0.1, -0.05) is 6.92 Å². The lowest BCUT2D eigenvalue weighted by atomic mass is 10.2. The van der Waals surface area contributed by atoms with E-state index in [0.29, 0.717) is 19.8 Å². The molecule has 0 radical (unpaired) electrons. The van der Waals surface area contributed by atoms with E-state index in [-0.39, 0.29) is 6.10 Å². The van der Waals surface area contributed by atoms with E-state index in [0.717, 1.165) is 18.9 Å². The average molecular weight is 275 g/mol. The van der Waals surface area contributed by atoms with E-state index in [2.05, 4.69) is 4.99 Å². The summed E-state index contributed by atoms with van der Waals surface area (Å²) in [5.74, 6) is 0. The summed E-state index contributed by atoms with van der Waals surface area (Å²) in [6.07, 6.45) is 3.23. The maximum atomic E-state index is 9.94. The minimum absolute atomic E-state index is 0.0524. The summed E-state index contributed by atoms with van der Waals surface area (Å²) < 4.78 is 17.5. The van der Waals surface area contributed by atoms with Gasteiger partial charge in [0.2, 0.25) is 6.08 Å². The first-order valence-corrected chi connectivity index (χ1v) is 8.56. The number of hydrogen-bond donors (Lipinski definition) is 0. The van der Waals surface area contributed by atoms with Crippen LogP contribution < -0.4 is 0 Å². The van der Waals surface area contributed by atoms with Gasteiger partial charge in [-0.2, -0.15) is 0 Å². The van der Waals surface area contributed by atoms with Crippen molar-refractivity contribution in [1.29, 1.82) is 0 Å². The number of nitrogens with zero attached hydrogens (tertiary/aromatic N) is 1. The summed E-state index contributed by atoms with van der Waals surface area (Å²) in [4.78, 5) is 13.5. The molecule has 106 valence electrons. The van der Waals surface area contributed by atoms with Crippen LogP contribution in [-0.2, 0) is 18.1 Å². The van der Waals surface area contributed by atoms with Crippen LogP contribution in [0.15, 0.2) is 4.99 Å². The Morgan fingerprint density at radius 2 is 1.83 bits per heavy atom. The highest BCUT2D eigenvalue weighted by Gasteiger charge is 2.39. The van der Waals surface area contributed by atoms with Gasteiger partial charge in [-0.05, 0) is 33.6 Å². The van der Waals surface area contributed by atoms with Crippen LogP contribution in [0.5, 0.6) is 0 Å². The van der Waals surface area contributed by atoms with E-state index in [4.69, 9.17) is 13.3 Å². The molecule has 0 saturated carbocycles. The van der Waals surface area contributed by atoms with E-state index in [9.17, 15) is 4.79 Å². The highest BCUT2D eigenvalue weighted by atomic mass is 28.4. The topological polar surface area (TPSA) is 57.1 Å². The lowest BCUT2D eigenvalue weighted by Gasteiger charge is -2.30. The fraction of sp³-hybridized carbons (Fsp3) is 0.917. The van der Waals surface area contributed by atoms with Gasteiger partial charge in [-0.3, -0.25) is 0 Å². The lowest BCUT2D eigenvalue weighted by Crippen LogP contribution is -2.47. The zero-order valence-corrected chi connectivity index (χ0v) is 12.9. The third-order valence-corrected chi connectivity index (χ3v) is 5.57. The van der Waals surface area contributed by atoms with Crippen molar-refractivity contribution in [3.8, 4) is 0 Å². The van der Waals surface area contributed by atoms with Gasteiger partial charge in [0.25, 0.3) is 0 Å². The Morgan fingerprint density at radius 3 is 2.28 bits per heavy atom. The van der Waals surface area contributed by atoms with Crippen molar-refractivity contribution in [2.45, 2.75) is 52.7 Å². The molecule has 0 fully saturated rings. The molecule has 0 spiro atoms. The highest BCUT2D eigenvalue weighted by molar-refractivity contribution is 6.60. The van der Waals surface area contributed by atoms with E-state index in [1.807, 2.05) is 27.7 Å². The van der Waals surface area contributed by atoms with Crippen molar-refractivity contribution in [2.24, 2.45) is 4.99 Å². The number of carbonyl (C=O) groups excluding carboxylic acids is 1. The molecule has 0 aromatic heterocycles. The Labute approximate surface area is 111 Å². The van der Waals surface area contributed by atoms with E-state index in [1.165, 1.54) is 6.08 Å². The first-order chi connectivity index (χ1) is 8.64. The maximum Gasteiger partial charge on any atom is 0.500 e. The molecule has 0 saturated heterocycles. The van der Waals surface area contributed by atoms with Gasteiger partial charge in [0.1, 0.15) is 0 Å². The molecule has 0 heterocycles. The highest BCUT2D eigenvalue weighted by Crippen LogP contribution is 2.19. The average Bonchev–Trinajstić information content (AvgIpc) is 2.35. The van der Waals surface area contributed by atoms with Crippen LogP contribution >= 0.6 is 0 Å². The van der Waals surface area contributed by atoms with Crippen LogP contribution in [0.2, 0.25) is 6.04 Å².